The highest BCUT2D eigenvalue weighted by atomic mass is 32.1. The van der Waals surface area contributed by atoms with Crippen molar-refractivity contribution in [3.8, 4) is 23.7 Å². The van der Waals surface area contributed by atoms with Crippen LogP contribution >= 0.6 is 11.3 Å². The summed E-state index contributed by atoms with van der Waals surface area (Å²) >= 11 is 1.65. The first-order valence-corrected chi connectivity index (χ1v) is 11.4. The van der Waals surface area contributed by atoms with Crippen LogP contribution in [-0.4, -0.2) is 0 Å². The molecule has 0 fully saturated rings. The lowest BCUT2D eigenvalue weighted by Gasteiger charge is -2.00. The van der Waals surface area contributed by atoms with Crippen LogP contribution in [0.5, 0.6) is 0 Å². The maximum absolute atomic E-state index is 3.27. The molecule has 3 aromatic rings. The molecule has 0 radical (unpaired) electrons. The molecule has 0 spiro atoms. The normalized spacial score (nSPS) is 10.0. The molecule has 0 nitrogen and oxygen atoms in total. The van der Waals surface area contributed by atoms with Gasteiger partial charge in [-0.05, 0) is 66.8 Å². The quantitative estimate of drug-likeness (QED) is 0.304. The van der Waals surface area contributed by atoms with Crippen molar-refractivity contribution in [1.82, 2.24) is 0 Å². The van der Waals surface area contributed by atoms with Gasteiger partial charge in [0.05, 0.1) is 9.75 Å². The topological polar surface area (TPSA) is 0 Å². The van der Waals surface area contributed by atoms with Crippen LogP contribution in [0.25, 0.3) is 0 Å². The van der Waals surface area contributed by atoms with Crippen molar-refractivity contribution in [2.45, 2.75) is 52.4 Å². The number of unbranched alkanes of at least 4 members (excludes halogenated alkanes) is 2. The van der Waals surface area contributed by atoms with E-state index in [4.69, 9.17) is 0 Å². The molecule has 146 valence electrons. The third kappa shape index (κ3) is 6.98. The van der Waals surface area contributed by atoms with Gasteiger partial charge in [0.1, 0.15) is 0 Å². The zero-order valence-electron chi connectivity index (χ0n) is 17.4. The summed E-state index contributed by atoms with van der Waals surface area (Å²) in [5.41, 5.74) is 4.91. The summed E-state index contributed by atoms with van der Waals surface area (Å²) in [5, 5.41) is 0. The molecule has 29 heavy (non-hydrogen) atoms. The minimum Gasteiger partial charge on any atom is -0.118 e. The van der Waals surface area contributed by atoms with Gasteiger partial charge < -0.3 is 0 Å². The maximum Gasteiger partial charge on any atom is 0.0785 e. The van der Waals surface area contributed by atoms with Gasteiger partial charge in [-0.1, -0.05) is 81.1 Å². The molecule has 2 aromatic carbocycles. The number of benzene rings is 2. The summed E-state index contributed by atoms with van der Waals surface area (Å²) in [7, 11) is 0. The Hall–Kier alpha value is -2.74. The standard InChI is InChI=1S/C28H28S/c1-3-5-6-8-24-11-15-26(16-12-24)18-20-28-22-21-27(29-28)19-17-25-13-9-23(7-4-2)10-14-25/h9-16,21-22H,3-8H2,1-2H3. The number of rotatable bonds is 6. The molecule has 0 aliphatic rings. The molecule has 0 aliphatic heterocycles. The van der Waals surface area contributed by atoms with E-state index in [0.717, 1.165) is 33.7 Å². The predicted octanol–water partition coefficient (Wildman–Crippen LogP) is 7.23. The van der Waals surface area contributed by atoms with Gasteiger partial charge in [-0.2, -0.15) is 0 Å². The lowest BCUT2D eigenvalue weighted by atomic mass is 10.1. The molecular weight excluding hydrogens is 368 g/mol. The van der Waals surface area contributed by atoms with E-state index in [9.17, 15) is 0 Å². The Kier molecular flexibility index (Phi) is 8.18. The molecule has 0 unspecified atom stereocenters. The van der Waals surface area contributed by atoms with Crippen LogP contribution in [0.15, 0.2) is 60.7 Å². The highest BCUT2D eigenvalue weighted by Crippen LogP contribution is 2.15. The average molecular weight is 397 g/mol. The van der Waals surface area contributed by atoms with Gasteiger partial charge in [-0.3, -0.25) is 0 Å². The Labute approximate surface area is 180 Å². The number of thiophene rings is 1. The zero-order chi connectivity index (χ0) is 20.3. The van der Waals surface area contributed by atoms with Crippen molar-refractivity contribution >= 4 is 11.3 Å². The first kappa shape index (κ1) is 21.0. The van der Waals surface area contributed by atoms with Gasteiger partial charge >= 0.3 is 0 Å². The van der Waals surface area contributed by atoms with Crippen molar-refractivity contribution in [3.63, 3.8) is 0 Å². The monoisotopic (exact) mass is 396 g/mol. The molecule has 1 heteroatoms. The molecule has 0 saturated heterocycles. The zero-order valence-corrected chi connectivity index (χ0v) is 18.2. The molecule has 0 N–H and O–H groups in total. The van der Waals surface area contributed by atoms with E-state index >= 15 is 0 Å². The summed E-state index contributed by atoms with van der Waals surface area (Å²) in [6.07, 6.45) is 7.30. The first-order valence-electron chi connectivity index (χ1n) is 10.6. The second kappa shape index (κ2) is 11.3. The van der Waals surface area contributed by atoms with Crippen LogP contribution in [-0.2, 0) is 12.8 Å². The smallest absolute Gasteiger partial charge is 0.0785 e. The lowest BCUT2D eigenvalue weighted by molar-refractivity contribution is 0.717. The SMILES string of the molecule is CCCCCc1ccc(C#Cc2ccc(C#Cc3ccc(CCC)cc3)s2)cc1. The highest BCUT2D eigenvalue weighted by Gasteiger charge is 1.96. The fourth-order valence-electron chi connectivity index (χ4n) is 3.12. The van der Waals surface area contributed by atoms with E-state index in [-0.39, 0.29) is 0 Å². The van der Waals surface area contributed by atoms with Crippen molar-refractivity contribution in [3.05, 3.63) is 92.7 Å². The lowest BCUT2D eigenvalue weighted by Crippen LogP contribution is -1.85. The van der Waals surface area contributed by atoms with E-state index in [0.29, 0.717) is 0 Å². The second-order valence-electron chi connectivity index (χ2n) is 7.26. The predicted molar refractivity (Wildman–Crippen MR) is 126 cm³/mol. The van der Waals surface area contributed by atoms with E-state index in [1.54, 1.807) is 11.3 Å². The molecule has 0 amide bonds. The number of hydrogen-bond donors (Lipinski definition) is 0. The van der Waals surface area contributed by atoms with Crippen molar-refractivity contribution in [1.29, 1.82) is 0 Å². The molecule has 1 aromatic heterocycles. The summed E-state index contributed by atoms with van der Waals surface area (Å²) in [6.45, 7) is 4.44. The molecular formula is C28H28S. The second-order valence-corrected chi connectivity index (χ2v) is 8.35. The summed E-state index contributed by atoms with van der Waals surface area (Å²) in [6, 6.07) is 21.4. The van der Waals surface area contributed by atoms with Crippen molar-refractivity contribution in [2.75, 3.05) is 0 Å². The van der Waals surface area contributed by atoms with Crippen LogP contribution in [0, 0.1) is 23.7 Å². The third-order valence-electron chi connectivity index (χ3n) is 4.78. The van der Waals surface area contributed by atoms with E-state index in [1.165, 1.54) is 36.8 Å². The average Bonchev–Trinajstić information content (AvgIpc) is 3.21. The van der Waals surface area contributed by atoms with Crippen LogP contribution in [0.1, 0.15) is 71.5 Å². The van der Waals surface area contributed by atoms with Gasteiger partial charge in [0, 0.05) is 11.1 Å². The largest absolute Gasteiger partial charge is 0.118 e. The Morgan fingerprint density at radius 1 is 0.552 bits per heavy atom. The number of aryl methyl sites for hydroxylation is 2. The van der Waals surface area contributed by atoms with Crippen molar-refractivity contribution in [2.24, 2.45) is 0 Å². The Bertz CT molecular complexity index is 1010. The van der Waals surface area contributed by atoms with Crippen molar-refractivity contribution < 1.29 is 0 Å². The number of hydrogen-bond acceptors (Lipinski definition) is 1. The summed E-state index contributed by atoms with van der Waals surface area (Å²) in [4.78, 5) is 2.11. The fourth-order valence-corrected chi connectivity index (χ4v) is 3.83. The minimum absolute atomic E-state index is 1.05. The van der Waals surface area contributed by atoms with Gasteiger partial charge in [-0.15, -0.1) is 11.3 Å². The van der Waals surface area contributed by atoms with Gasteiger partial charge in [-0.25, -0.2) is 0 Å². The van der Waals surface area contributed by atoms with Crippen LogP contribution < -0.4 is 0 Å². The Morgan fingerprint density at radius 2 is 1.07 bits per heavy atom. The fraction of sp³-hybridized carbons (Fsp3) is 0.286. The van der Waals surface area contributed by atoms with E-state index in [1.807, 2.05) is 0 Å². The van der Waals surface area contributed by atoms with E-state index in [2.05, 4.69) is 98.2 Å². The first-order chi connectivity index (χ1) is 14.3. The van der Waals surface area contributed by atoms with Gasteiger partial charge in [0.15, 0.2) is 0 Å². The summed E-state index contributed by atoms with van der Waals surface area (Å²) < 4.78 is 0. The molecule has 1 heterocycles. The molecule has 0 saturated carbocycles. The molecule has 3 rings (SSSR count). The van der Waals surface area contributed by atoms with Crippen LogP contribution in [0.4, 0.5) is 0 Å². The molecule has 0 bridgehead atoms. The Morgan fingerprint density at radius 3 is 1.55 bits per heavy atom. The third-order valence-corrected chi connectivity index (χ3v) is 5.70. The van der Waals surface area contributed by atoms with E-state index < -0.39 is 0 Å². The van der Waals surface area contributed by atoms with Gasteiger partial charge in [0.2, 0.25) is 0 Å². The Balaban J connectivity index is 1.60. The minimum atomic E-state index is 1.05. The van der Waals surface area contributed by atoms with Gasteiger partial charge in [0.25, 0.3) is 0 Å². The highest BCUT2D eigenvalue weighted by molar-refractivity contribution is 7.13. The maximum atomic E-state index is 3.27. The van der Waals surface area contributed by atoms with Crippen LogP contribution in [0.3, 0.4) is 0 Å². The molecule has 0 aliphatic carbocycles. The summed E-state index contributed by atoms with van der Waals surface area (Å²) in [5.74, 6) is 13.1. The molecule has 0 atom stereocenters. The van der Waals surface area contributed by atoms with Crippen LogP contribution in [0.2, 0.25) is 0 Å².